The minimum Gasteiger partial charge on any atom is -0.481 e. The molecule has 1 aromatic heterocycles. The highest BCUT2D eigenvalue weighted by atomic mass is 16.5. The lowest BCUT2D eigenvalue weighted by atomic mass is 9.84. The zero-order chi connectivity index (χ0) is 10.0. The van der Waals surface area contributed by atoms with E-state index in [0.29, 0.717) is 6.61 Å². The molecule has 4 nitrogen and oxygen atoms in total. The monoisotopic (exact) mass is 193 g/mol. The van der Waals surface area contributed by atoms with E-state index in [2.05, 4.69) is 4.98 Å². The van der Waals surface area contributed by atoms with E-state index < -0.39 is 11.6 Å². The Labute approximate surface area is 81.5 Å². The lowest BCUT2D eigenvalue weighted by molar-refractivity contribution is -0.176. The van der Waals surface area contributed by atoms with E-state index in [0.717, 1.165) is 12.0 Å². The van der Waals surface area contributed by atoms with Gasteiger partial charge in [-0.05, 0) is 6.07 Å². The minimum atomic E-state index is -0.839. The van der Waals surface area contributed by atoms with Crippen LogP contribution in [0.2, 0.25) is 0 Å². The van der Waals surface area contributed by atoms with Gasteiger partial charge in [0.2, 0.25) is 0 Å². The molecular weight excluding hydrogens is 182 g/mol. The molecule has 0 spiro atoms. The van der Waals surface area contributed by atoms with Crippen molar-refractivity contribution in [2.45, 2.75) is 18.4 Å². The number of aromatic nitrogens is 1. The van der Waals surface area contributed by atoms with Gasteiger partial charge in [-0.1, -0.05) is 6.07 Å². The molecule has 2 rings (SSSR count). The summed E-state index contributed by atoms with van der Waals surface area (Å²) in [6, 6.07) is 3.65. The molecule has 1 aromatic rings. The number of ether oxygens (including phenoxy) is 1. The number of aliphatic carboxylic acids is 1. The molecule has 1 atom stereocenters. The molecule has 1 aliphatic rings. The van der Waals surface area contributed by atoms with Crippen LogP contribution in [0.1, 0.15) is 18.4 Å². The van der Waals surface area contributed by atoms with Crippen molar-refractivity contribution in [3.8, 4) is 0 Å². The van der Waals surface area contributed by atoms with Crippen molar-refractivity contribution in [3.05, 3.63) is 30.1 Å². The number of carboxylic acid groups (broad SMARTS) is 1. The zero-order valence-corrected chi connectivity index (χ0v) is 7.64. The number of hydrogen-bond donors (Lipinski definition) is 1. The van der Waals surface area contributed by atoms with Crippen molar-refractivity contribution in [2.24, 2.45) is 0 Å². The Morgan fingerprint density at radius 1 is 1.71 bits per heavy atom. The summed E-state index contributed by atoms with van der Waals surface area (Å²) in [5.74, 6) is -0.839. The number of pyridine rings is 1. The number of carboxylic acids is 1. The molecule has 4 heteroatoms. The van der Waals surface area contributed by atoms with Crippen molar-refractivity contribution in [3.63, 3.8) is 0 Å². The van der Waals surface area contributed by atoms with Crippen LogP contribution in [0.3, 0.4) is 0 Å². The molecule has 0 radical (unpaired) electrons. The fourth-order valence-corrected chi connectivity index (χ4v) is 1.69. The number of rotatable bonds is 3. The molecule has 0 saturated carbocycles. The van der Waals surface area contributed by atoms with Crippen LogP contribution in [0.4, 0.5) is 0 Å². The van der Waals surface area contributed by atoms with Crippen LogP contribution in [0.25, 0.3) is 0 Å². The highest BCUT2D eigenvalue weighted by Crippen LogP contribution is 2.39. The highest BCUT2D eigenvalue weighted by Gasteiger charge is 2.42. The van der Waals surface area contributed by atoms with E-state index >= 15 is 0 Å². The third-order valence-electron chi connectivity index (χ3n) is 2.51. The van der Waals surface area contributed by atoms with Gasteiger partial charge in [0.05, 0.1) is 13.0 Å². The van der Waals surface area contributed by atoms with Crippen LogP contribution in [-0.4, -0.2) is 22.7 Å². The van der Waals surface area contributed by atoms with E-state index in [1.807, 2.05) is 6.07 Å². The quantitative estimate of drug-likeness (QED) is 0.782. The molecule has 0 aliphatic carbocycles. The Balaban J connectivity index is 2.25. The predicted octanol–water partition coefficient (Wildman–Crippen LogP) is 1.17. The smallest absolute Gasteiger partial charge is 0.306 e. The Morgan fingerprint density at radius 2 is 2.50 bits per heavy atom. The van der Waals surface area contributed by atoms with Crippen molar-refractivity contribution in [2.75, 3.05) is 6.61 Å². The van der Waals surface area contributed by atoms with E-state index in [1.54, 1.807) is 18.5 Å². The molecule has 1 fully saturated rings. The van der Waals surface area contributed by atoms with Crippen molar-refractivity contribution in [1.29, 1.82) is 0 Å². The lowest BCUT2D eigenvalue weighted by Gasteiger charge is -2.41. The topological polar surface area (TPSA) is 59.4 Å². The first-order valence-corrected chi connectivity index (χ1v) is 4.49. The molecule has 1 saturated heterocycles. The summed E-state index contributed by atoms with van der Waals surface area (Å²) in [6.07, 6.45) is 4.10. The highest BCUT2D eigenvalue weighted by molar-refractivity contribution is 5.68. The van der Waals surface area contributed by atoms with Gasteiger partial charge in [0.25, 0.3) is 0 Å². The van der Waals surface area contributed by atoms with Gasteiger partial charge in [-0.25, -0.2) is 0 Å². The van der Waals surface area contributed by atoms with Gasteiger partial charge in [-0.3, -0.25) is 9.78 Å². The van der Waals surface area contributed by atoms with E-state index in [-0.39, 0.29) is 6.42 Å². The average Bonchev–Trinajstić information content (AvgIpc) is 2.12. The molecule has 1 aliphatic heterocycles. The lowest BCUT2D eigenvalue weighted by Crippen LogP contribution is -2.42. The Hall–Kier alpha value is -1.42. The fraction of sp³-hybridized carbons (Fsp3) is 0.400. The summed E-state index contributed by atoms with van der Waals surface area (Å²) in [7, 11) is 0. The summed E-state index contributed by atoms with van der Waals surface area (Å²) in [6.45, 7) is 0.627. The van der Waals surface area contributed by atoms with Crippen LogP contribution in [-0.2, 0) is 15.1 Å². The summed E-state index contributed by atoms with van der Waals surface area (Å²) < 4.78 is 5.39. The minimum absolute atomic E-state index is 0.0126. The number of nitrogens with zero attached hydrogens (tertiary/aromatic N) is 1. The molecule has 2 heterocycles. The summed E-state index contributed by atoms with van der Waals surface area (Å²) >= 11 is 0. The van der Waals surface area contributed by atoms with Gasteiger partial charge in [0, 0.05) is 24.4 Å². The molecule has 0 aromatic carbocycles. The molecule has 14 heavy (non-hydrogen) atoms. The second-order valence-electron chi connectivity index (χ2n) is 3.40. The number of carbonyl (C=O) groups is 1. The Bertz CT molecular complexity index is 332. The zero-order valence-electron chi connectivity index (χ0n) is 7.64. The summed E-state index contributed by atoms with van der Waals surface area (Å²) in [5, 5.41) is 8.78. The van der Waals surface area contributed by atoms with Crippen LogP contribution in [0.5, 0.6) is 0 Å². The third kappa shape index (κ3) is 1.48. The van der Waals surface area contributed by atoms with Crippen molar-refractivity contribution >= 4 is 5.97 Å². The maximum atomic E-state index is 10.7. The maximum absolute atomic E-state index is 10.7. The van der Waals surface area contributed by atoms with Crippen molar-refractivity contribution in [1.82, 2.24) is 4.98 Å². The van der Waals surface area contributed by atoms with Crippen molar-refractivity contribution < 1.29 is 14.6 Å². The van der Waals surface area contributed by atoms with Gasteiger partial charge >= 0.3 is 5.97 Å². The predicted molar refractivity (Wildman–Crippen MR) is 48.7 cm³/mol. The SMILES string of the molecule is O=C(O)CC1(c2cccnc2)CCO1. The Morgan fingerprint density at radius 3 is 2.93 bits per heavy atom. The molecule has 74 valence electrons. The molecule has 1 N–H and O–H groups in total. The van der Waals surface area contributed by atoms with Gasteiger partial charge in [0.1, 0.15) is 5.60 Å². The van der Waals surface area contributed by atoms with E-state index in [1.165, 1.54) is 0 Å². The third-order valence-corrected chi connectivity index (χ3v) is 2.51. The van der Waals surface area contributed by atoms with Gasteiger partial charge in [-0.2, -0.15) is 0 Å². The first-order chi connectivity index (χ1) is 6.73. The second-order valence-corrected chi connectivity index (χ2v) is 3.40. The van der Waals surface area contributed by atoms with Crippen LogP contribution in [0, 0.1) is 0 Å². The maximum Gasteiger partial charge on any atom is 0.306 e. The largest absolute Gasteiger partial charge is 0.481 e. The summed E-state index contributed by atoms with van der Waals surface area (Å²) in [4.78, 5) is 14.6. The standard InChI is InChI=1S/C10H11NO3/c12-9(13)6-10(3-5-14-10)8-2-1-4-11-7-8/h1-2,4,7H,3,5-6H2,(H,12,13). The Kier molecular flexibility index (Phi) is 2.21. The second kappa shape index (κ2) is 3.38. The first kappa shape index (κ1) is 9.15. The molecule has 1 unspecified atom stereocenters. The average molecular weight is 193 g/mol. The fourth-order valence-electron chi connectivity index (χ4n) is 1.69. The molecule has 0 bridgehead atoms. The van der Waals surface area contributed by atoms with Crippen LogP contribution >= 0.6 is 0 Å². The van der Waals surface area contributed by atoms with Gasteiger partial charge < -0.3 is 9.84 Å². The van der Waals surface area contributed by atoms with Crippen LogP contribution in [0.15, 0.2) is 24.5 Å². The summed E-state index contributed by atoms with van der Waals surface area (Å²) in [5.41, 5.74) is 0.230. The molecule has 0 amide bonds. The van der Waals surface area contributed by atoms with Gasteiger partial charge in [-0.15, -0.1) is 0 Å². The normalized spacial score (nSPS) is 25.4. The van der Waals surface area contributed by atoms with Crippen LogP contribution < -0.4 is 0 Å². The van der Waals surface area contributed by atoms with Gasteiger partial charge in [0.15, 0.2) is 0 Å². The first-order valence-electron chi connectivity index (χ1n) is 4.49. The number of hydrogen-bond acceptors (Lipinski definition) is 3. The van der Waals surface area contributed by atoms with E-state index in [4.69, 9.17) is 9.84 Å². The molecular formula is C10H11NO3. The van der Waals surface area contributed by atoms with E-state index in [9.17, 15) is 4.79 Å².